The maximum atomic E-state index is 13.2. The number of phenolic OH excluding ortho intramolecular Hbond substituents is 1. The Morgan fingerprint density at radius 1 is 1.19 bits per heavy atom. The summed E-state index contributed by atoms with van der Waals surface area (Å²) in [5.74, 6) is -1.40. The molecule has 0 amide bonds. The Bertz CT molecular complexity index is 692. The number of hydrogen-bond donors (Lipinski definition) is 2. The van der Waals surface area contributed by atoms with Gasteiger partial charge in [0.05, 0.1) is 17.0 Å². The average Bonchev–Trinajstić information content (AvgIpc) is 2.43. The maximum absolute atomic E-state index is 13.2. The molecule has 2 rings (SSSR count). The fraction of sp³-hybridized carbons (Fsp3) is 0.143. The summed E-state index contributed by atoms with van der Waals surface area (Å²) in [5, 5.41) is 23.4. The number of halogens is 2. The van der Waals surface area contributed by atoms with Crippen LogP contribution in [-0.2, 0) is 0 Å². The summed E-state index contributed by atoms with van der Waals surface area (Å²) < 4.78 is 26.3. The van der Waals surface area contributed by atoms with Crippen LogP contribution in [0.15, 0.2) is 36.4 Å². The molecule has 0 saturated heterocycles. The van der Waals surface area contributed by atoms with Crippen molar-refractivity contribution in [3.05, 3.63) is 63.7 Å². The molecule has 2 N–H and O–H groups in total. The number of rotatable bonds is 4. The Labute approximate surface area is 119 Å². The van der Waals surface area contributed by atoms with Crippen LogP contribution in [0.5, 0.6) is 5.75 Å². The van der Waals surface area contributed by atoms with Crippen LogP contribution in [-0.4, -0.2) is 10.0 Å². The van der Waals surface area contributed by atoms with Gasteiger partial charge in [0.2, 0.25) is 0 Å². The van der Waals surface area contributed by atoms with Crippen molar-refractivity contribution in [3.63, 3.8) is 0 Å². The summed E-state index contributed by atoms with van der Waals surface area (Å²) in [6.07, 6.45) is 0. The van der Waals surface area contributed by atoms with E-state index in [0.717, 1.165) is 24.3 Å². The molecular formula is C14H12F2N2O3. The summed E-state index contributed by atoms with van der Waals surface area (Å²) in [6.45, 7) is 1.60. The van der Waals surface area contributed by atoms with E-state index < -0.39 is 28.3 Å². The van der Waals surface area contributed by atoms with Crippen LogP contribution in [0, 0.1) is 21.7 Å². The molecular weight excluding hydrogens is 282 g/mol. The SMILES string of the molecule is CC(Nc1ccc(F)cc1[N+](=O)[O-])c1cc(F)ccc1O. The van der Waals surface area contributed by atoms with Crippen LogP contribution in [0.3, 0.4) is 0 Å². The molecule has 0 aliphatic rings. The van der Waals surface area contributed by atoms with E-state index in [-0.39, 0.29) is 17.0 Å². The van der Waals surface area contributed by atoms with E-state index in [1.165, 1.54) is 12.1 Å². The Morgan fingerprint density at radius 3 is 2.48 bits per heavy atom. The minimum atomic E-state index is -0.728. The zero-order valence-corrected chi connectivity index (χ0v) is 11.0. The van der Waals surface area contributed by atoms with Crippen molar-refractivity contribution in [1.82, 2.24) is 0 Å². The van der Waals surface area contributed by atoms with Crippen molar-refractivity contribution in [2.24, 2.45) is 0 Å². The molecule has 21 heavy (non-hydrogen) atoms. The highest BCUT2D eigenvalue weighted by atomic mass is 19.1. The van der Waals surface area contributed by atoms with Crippen molar-refractivity contribution >= 4 is 11.4 Å². The second-order valence-corrected chi connectivity index (χ2v) is 4.49. The minimum Gasteiger partial charge on any atom is -0.508 e. The van der Waals surface area contributed by atoms with Gasteiger partial charge in [-0.2, -0.15) is 0 Å². The zero-order valence-electron chi connectivity index (χ0n) is 11.0. The van der Waals surface area contributed by atoms with Gasteiger partial charge in [0.25, 0.3) is 5.69 Å². The molecule has 0 saturated carbocycles. The highest BCUT2D eigenvalue weighted by molar-refractivity contribution is 5.62. The second-order valence-electron chi connectivity index (χ2n) is 4.49. The number of nitro benzene ring substituents is 1. The number of phenols is 1. The van der Waals surface area contributed by atoms with E-state index in [0.29, 0.717) is 0 Å². The molecule has 0 fully saturated rings. The summed E-state index contributed by atoms with van der Waals surface area (Å²) in [4.78, 5) is 10.2. The fourth-order valence-corrected chi connectivity index (χ4v) is 1.96. The van der Waals surface area contributed by atoms with E-state index in [9.17, 15) is 24.0 Å². The number of benzene rings is 2. The van der Waals surface area contributed by atoms with Gasteiger partial charge in [0.1, 0.15) is 23.1 Å². The average molecular weight is 294 g/mol. The standard InChI is InChI=1S/C14H12F2N2O3/c1-8(11-6-9(15)3-5-14(11)19)17-12-4-2-10(16)7-13(12)18(20)21/h2-8,17,19H,1H3. The Kier molecular flexibility index (Phi) is 4.02. The summed E-state index contributed by atoms with van der Waals surface area (Å²) >= 11 is 0. The largest absolute Gasteiger partial charge is 0.508 e. The summed E-state index contributed by atoms with van der Waals surface area (Å²) in [5.41, 5.74) is -0.107. The first-order chi connectivity index (χ1) is 9.88. The van der Waals surface area contributed by atoms with Gasteiger partial charge in [-0.05, 0) is 37.3 Å². The van der Waals surface area contributed by atoms with Gasteiger partial charge in [-0.15, -0.1) is 0 Å². The molecule has 2 aromatic carbocycles. The molecule has 2 aromatic rings. The van der Waals surface area contributed by atoms with Crippen LogP contribution < -0.4 is 5.32 Å². The van der Waals surface area contributed by atoms with Crippen LogP contribution in [0.1, 0.15) is 18.5 Å². The second kappa shape index (κ2) is 5.74. The normalized spacial score (nSPS) is 12.0. The molecule has 5 nitrogen and oxygen atoms in total. The smallest absolute Gasteiger partial charge is 0.295 e. The number of aromatic hydroxyl groups is 1. The quantitative estimate of drug-likeness (QED) is 0.665. The van der Waals surface area contributed by atoms with Gasteiger partial charge in [0.15, 0.2) is 0 Å². The first kappa shape index (κ1) is 14.7. The summed E-state index contributed by atoms with van der Waals surface area (Å²) in [7, 11) is 0. The Morgan fingerprint density at radius 2 is 1.81 bits per heavy atom. The predicted octanol–water partition coefficient (Wildman–Crippen LogP) is 3.75. The first-order valence-electron chi connectivity index (χ1n) is 6.07. The van der Waals surface area contributed by atoms with Crippen molar-refractivity contribution in [2.45, 2.75) is 13.0 Å². The number of anilines is 1. The molecule has 0 radical (unpaired) electrons. The minimum absolute atomic E-state index is 0.0811. The third-order valence-electron chi connectivity index (χ3n) is 2.98. The van der Waals surface area contributed by atoms with Crippen LogP contribution >= 0.6 is 0 Å². The third kappa shape index (κ3) is 3.25. The molecule has 1 unspecified atom stereocenters. The molecule has 0 heterocycles. The molecule has 0 bridgehead atoms. The van der Waals surface area contributed by atoms with E-state index in [4.69, 9.17) is 0 Å². The lowest BCUT2D eigenvalue weighted by molar-refractivity contribution is -0.384. The van der Waals surface area contributed by atoms with Crippen LogP contribution in [0.4, 0.5) is 20.2 Å². The lowest BCUT2D eigenvalue weighted by Gasteiger charge is -2.17. The highest BCUT2D eigenvalue weighted by Crippen LogP contribution is 2.31. The van der Waals surface area contributed by atoms with Gasteiger partial charge in [-0.25, -0.2) is 8.78 Å². The van der Waals surface area contributed by atoms with E-state index >= 15 is 0 Å². The van der Waals surface area contributed by atoms with E-state index in [1.807, 2.05) is 0 Å². The monoisotopic (exact) mass is 294 g/mol. The number of hydrogen-bond acceptors (Lipinski definition) is 4. The van der Waals surface area contributed by atoms with Crippen molar-refractivity contribution in [3.8, 4) is 5.75 Å². The zero-order chi connectivity index (χ0) is 15.6. The van der Waals surface area contributed by atoms with E-state index in [2.05, 4.69) is 5.32 Å². The number of nitro groups is 1. The van der Waals surface area contributed by atoms with Gasteiger partial charge >= 0.3 is 0 Å². The molecule has 0 aliphatic carbocycles. The molecule has 0 aromatic heterocycles. The van der Waals surface area contributed by atoms with Gasteiger partial charge < -0.3 is 10.4 Å². The first-order valence-corrected chi connectivity index (χ1v) is 6.07. The topological polar surface area (TPSA) is 75.4 Å². The highest BCUT2D eigenvalue weighted by Gasteiger charge is 2.18. The van der Waals surface area contributed by atoms with Crippen molar-refractivity contribution < 1.29 is 18.8 Å². The Balaban J connectivity index is 2.33. The summed E-state index contributed by atoms with van der Waals surface area (Å²) in [6, 6.07) is 5.91. The lowest BCUT2D eigenvalue weighted by Crippen LogP contribution is -2.09. The Hall–Kier alpha value is -2.70. The molecule has 0 aliphatic heterocycles. The maximum Gasteiger partial charge on any atom is 0.295 e. The predicted molar refractivity (Wildman–Crippen MR) is 73.2 cm³/mol. The molecule has 110 valence electrons. The van der Waals surface area contributed by atoms with E-state index in [1.54, 1.807) is 6.92 Å². The van der Waals surface area contributed by atoms with Crippen molar-refractivity contribution in [2.75, 3.05) is 5.32 Å². The fourth-order valence-electron chi connectivity index (χ4n) is 1.96. The van der Waals surface area contributed by atoms with Gasteiger partial charge in [0, 0.05) is 5.56 Å². The molecule has 0 spiro atoms. The lowest BCUT2D eigenvalue weighted by atomic mass is 10.1. The van der Waals surface area contributed by atoms with Gasteiger partial charge in [-0.1, -0.05) is 0 Å². The van der Waals surface area contributed by atoms with Crippen LogP contribution in [0.2, 0.25) is 0 Å². The molecule has 1 atom stereocenters. The van der Waals surface area contributed by atoms with Gasteiger partial charge in [-0.3, -0.25) is 10.1 Å². The number of nitrogens with zero attached hydrogens (tertiary/aromatic N) is 1. The number of nitrogens with one attached hydrogen (secondary N) is 1. The third-order valence-corrected chi connectivity index (χ3v) is 2.98. The van der Waals surface area contributed by atoms with Crippen molar-refractivity contribution in [1.29, 1.82) is 0 Å². The molecule has 7 heteroatoms. The van der Waals surface area contributed by atoms with Crippen LogP contribution in [0.25, 0.3) is 0 Å².